The first-order chi connectivity index (χ1) is 9.19. The van der Waals surface area contributed by atoms with Crippen molar-refractivity contribution in [1.82, 2.24) is 4.90 Å². The summed E-state index contributed by atoms with van der Waals surface area (Å²) in [4.78, 5) is 2.59. The van der Waals surface area contributed by atoms with Crippen molar-refractivity contribution in [2.45, 2.75) is 31.8 Å². The molecule has 2 aliphatic rings. The summed E-state index contributed by atoms with van der Waals surface area (Å²) < 4.78 is 5.32. The number of fused-ring (bicyclic) bond motifs is 1. The van der Waals surface area contributed by atoms with E-state index in [1.807, 2.05) is 6.07 Å². The molecule has 0 radical (unpaired) electrons. The predicted octanol–water partition coefficient (Wildman–Crippen LogP) is 2.43. The molecule has 0 spiro atoms. The second-order valence-electron chi connectivity index (χ2n) is 6.07. The molecule has 2 N–H and O–H groups in total. The summed E-state index contributed by atoms with van der Waals surface area (Å²) in [6.45, 7) is 4.66. The molecule has 1 aromatic carbocycles. The average Bonchev–Trinajstić information content (AvgIpc) is 3.01. The molecule has 3 rings (SSSR count). The monoisotopic (exact) mass is 260 g/mol. The third-order valence-corrected chi connectivity index (χ3v) is 5.06. The Labute approximate surface area is 115 Å². The van der Waals surface area contributed by atoms with Gasteiger partial charge in [-0.2, -0.15) is 0 Å². The molecule has 2 fully saturated rings. The van der Waals surface area contributed by atoms with E-state index in [2.05, 4.69) is 30.0 Å². The van der Waals surface area contributed by atoms with E-state index in [4.69, 9.17) is 10.5 Å². The summed E-state index contributed by atoms with van der Waals surface area (Å²) in [5.41, 5.74) is 7.56. The Morgan fingerprint density at radius 1 is 1.32 bits per heavy atom. The number of likely N-dealkylation sites (tertiary alicyclic amines) is 1. The molecule has 1 aliphatic carbocycles. The number of nitrogens with two attached hydrogens (primary N) is 1. The average molecular weight is 260 g/mol. The Morgan fingerprint density at radius 2 is 2.16 bits per heavy atom. The van der Waals surface area contributed by atoms with Crippen LogP contribution < -0.4 is 10.5 Å². The molecular weight excluding hydrogens is 236 g/mol. The van der Waals surface area contributed by atoms with Crippen LogP contribution in [0.1, 0.15) is 31.4 Å². The zero-order valence-corrected chi connectivity index (χ0v) is 11.9. The molecule has 4 unspecified atom stereocenters. The van der Waals surface area contributed by atoms with Crippen LogP contribution in [0.25, 0.3) is 0 Å². The highest BCUT2D eigenvalue weighted by atomic mass is 16.5. The SMILES string of the molecule is COc1cccc(C(C)N2CC3CCC(N)C3C2)c1. The molecule has 1 aliphatic heterocycles. The topological polar surface area (TPSA) is 38.5 Å². The van der Waals surface area contributed by atoms with Gasteiger partial charge < -0.3 is 10.5 Å². The number of hydrogen-bond donors (Lipinski definition) is 1. The molecule has 4 atom stereocenters. The highest BCUT2D eigenvalue weighted by Gasteiger charge is 2.42. The number of rotatable bonds is 3. The van der Waals surface area contributed by atoms with Crippen molar-refractivity contribution in [1.29, 1.82) is 0 Å². The van der Waals surface area contributed by atoms with Gasteiger partial charge in [0.05, 0.1) is 7.11 Å². The third kappa shape index (κ3) is 2.37. The van der Waals surface area contributed by atoms with Gasteiger partial charge in [-0.1, -0.05) is 12.1 Å². The van der Waals surface area contributed by atoms with E-state index >= 15 is 0 Å². The molecule has 0 bridgehead atoms. The van der Waals surface area contributed by atoms with Crippen LogP contribution in [0.2, 0.25) is 0 Å². The van der Waals surface area contributed by atoms with Crippen LogP contribution in [0.5, 0.6) is 5.75 Å². The van der Waals surface area contributed by atoms with Gasteiger partial charge >= 0.3 is 0 Å². The van der Waals surface area contributed by atoms with Crippen molar-refractivity contribution < 1.29 is 4.74 Å². The molecule has 1 heterocycles. The highest BCUT2D eigenvalue weighted by molar-refractivity contribution is 5.30. The van der Waals surface area contributed by atoms with Gasteiger partial charge in [0.15, 0.2) is 0 Å². The number of hydrogen-bond acceptors (Lipinski definition) is 3. The zero-order chi connectivity index (χ0) is 13.4. The predicted molar refractivity (Wildman–Crippen MR) is 77.2 cm³/mol. The largest absolute Gasteiger partial charge is 0.497 e. The van der Waals surface area contributed by atoms with Gasteiger partial charge in [0, 0.05) is 25.2 Å². The van der Waals surface area contributed by atoms with Crippen molar-refractivity contribution in [3.63, 3.8) is 0 Å². The molecule has 1 saturated heterocycles. The summed E-state index contributed by atoms with van der Waals surface area (Å²) in [7, 11) is 1.73. The molecule has 3 nitrogen and oxygen atoms in total. The van der Waals surface area contributed by atoms with Gasteiger partial charge in [0.2, 0.25) is 0 Å². The fraction of sp³-hybridized carbons (Fsp3) is 0.625. The lowest BCUT2D eigenvalue weighted by molar-refractivity contribution is 0.238. The normalized spacial score (nSPS) is 32.3. The lowest BCUT2D eigenvalue weighted by atomic mass is 9.98. The summed E-state index contributed by atoms with van der Waals surface area (Å²) >= 11 is 0. The van der Waals surface area contributed by atoms with E-state index in [0.717, 1.165) is 18.2 Å². The van der Waals surface area contributed by atoms with Crippen LogP contribution in [0.15, 0.2) is 24.3 Å². The Balaban J connectivity index is 1.72. The molecular formula is C16H24N2O. The van der Waals surface area contributed by atoms with E-state index in [-0.39, 0.29) is 0 Å². The molecule has 1 aromatic rings. The lowest BCUT2D eigenvalue weighted by Crippen LogP contribution is -2.31. The quantitative estimate of drug-likeness (QED) is 0.907. The Morgan fingerprint density at radius 3 is 2.89 bits per heavy atom. The van der Waals surface area contributed by atoms with E-state index in [1.165, 1.54) is 24.9 Å². The first-order valence-corrected chi connectivity index (χ1v) is 7.32. The highest BCUT2D eigenvalue weighted by Crippen LogP contribution is 2.40. The molecule has 3 heteroatoms. The summed E-state index contributed by atoms with van der Waals surface area (Å²) in [6, 6.07) is 9.30. The first-order valence-electron chi connectivity index (χ1n) is 7.32. The van der Waals surface area contributed by atoms with E-state index in [0.29, 0.717) is 18.0 Å². The fourth-order valence-corrected chi connectivity index (χ4v) is 3.77. The fourth-order valence-electron chi connectivity index (χ4n) is 3.77. The smallest absolute Gasteiger partial charge is 0.119 e. The molecule has 104 valence electrons. The lowest BCUT2D eigenvalue weighted by Gasteiger charge is -2.26. The van der Waals surface area contributed by atoms with Gasteiger partial charge in [-0.3, -0.25) is 4.90 Å². The van der Waals surface area contributed by atoms with Crippen molar-refractivity contribution >= 4 is 0 Å². The molecule has 1 saturated carbocycles. The van der Waals surface area contributed by atoms with Crippen molar-refractivity contribution in [3.8, 4) is 5.75 Å². The number of benzene rings is 1. The van der Waals surface area contributed by atoms with Crippen LogP contribution in [-0.4, -0.2) is 31.1 Å². The van der Waals surface area contributed by atoms with E-state index in [9.17, 15) is 0 Å². The van der Waals surface area contributed by atoms with Gasteiger partial charge in [-0.25, -0.2) is 0 Å². The van der Waals surface area contributed by atoms with Gasteiger partial charge in [-0.05, 0) is 49.3 Å². The van der Waals surface area contributed by atoms with Crippen molar-refractivity contribution in [2.24, 2.45) is 17.6 Å². The summed E-state index contributed by atoms with van der Waals surface area (Å²) in [6.07, 6.45) is 2.53. The van der Waals surface area contributed by atoms with Crippen molar-refractivity contribution in [3.05, 3.63) is 29.8 Å². The molecule has 0 amide bonds. The minimum atomic E-state index is 0.424. The second kappa shape index (κ2) is 5.14. The van der Waals surface area contributed by atoms with Gasteiger partial charge in [-0.15, -0.1) is 0 Å². The second-order valence-corrected chi connectivity index (χ2v) is 6.07. The zero-order valence-electron chi connectivity index (χ0n) is 11.9. The number of methoxy groups -OCH3 is 1. The van der Waals surface area contributed by atoms with Crippen molar-refractivity contribution in [2.75, 3.05) is 20.2 Å². The van der Waals surface area contributed by atoms with E-state index < -0.39 is 0 Å². The maximum absolute atomic E-state index is 6.22. The molecule has 0 aromatic heterocycles. The Bertz CT molecular complexity index is 448. The maximum Gasteiger partial charge on any atom is 0.119 e. The van der Waals surface area contributed by atoms with Crippen LogP contribution in [0.3, 0.4) is 0 Å². The van der Waals surface area contributed by atoms with Crippen LogP contribution in [0, 0.1) is 11.8 Å². The maximum atomic E-state index is 6.22. The van der Waals surface area contributed by atoms with E-state index in [1.54, 1.807) is 7.11 Å². The van der Waals surface area contributed by atoms with Crippen LogP contribution >= 0.6 is 0 Å². The molecule has 19 heavy (non-hydrogen) atoms. The first kappa shape index (κ1) is 12.9. The van der Waals surface area contributed by atoms with Gasteiger partial charge in [0.1, 0.15) is 5.75 Å². The Kier molecular flexibility index (Phi) is 3.50. The number of nitrogens with zero attached hydrogens (tertiary/aromatic N) is 1. The van der Waals surface area contributed by atoms with Gasteiger partial charge in [0.25, 0.3) is 0 Å². The van der Waals surface area contributed by atoms with Crippen LogP contribution in [0.4, 0.5) is 0 Å². The standard InChI is InChI=1S/C16H24N2O/c1-11(12-4-3-5-14(8-12)19-2)18-9-13-6-7-16(17)15(13)10-18/h3-5,8,11,13,15-16H,6-7,9-10,17H2,1-2H3. The number of ether oxygens (including phenoxy) is 1. The Hall–Kier alpha value is -1.06. The third-order valence-electron chi connectivity index (χ3n) is 5.06. The van der Waals surface area contributed by atoms with Crippen LogP contribution in [-0.2, 0) is 0 Å². The summed E-state index contributed by atoms with van der Waals surface area (Å²) in [5.74, 6) is 2.48. The minimum absolute atomic E-state index is 0.424. The minimum Gasteiger partial charge on any atom is -0.497 e. The summed E-state index contributed by atoms with van der Waals surface area (Å²) in [5, 5.41) is 0.